The van der Waals surface area contributed by atoms with Crippen LogP contribution >= 0.6 is 11.3 Å². The molecule has 1 aliphatic heterocycles. The average molecular weight is 497 g/mol. The normalized spacial score (nSPS) is 15.4. The first kappa shape index (κ1) is 22.6. The maximum absolute atomic E-state index is 12.6. The molecule has 3 aromatic carbocycles. The topological polar surface area (TPSA) is 86.2 Å². The molecule has 0 bridgehead atoms. The maximum Gasteiger partial charge on any atom is 0.142 e. The number of hydrogen-bond donors (Lipinski definition) is 1. The van der Waals surface area contributed by atoms with Gasteiger partial charge in [0.15, 0.2) is 0 Å². The lowest BCUT2D eigenvalue weighted by molar-refractivity contribution is -0.122. The summed E-state index contributed by atoms with van der Waals surface area (Å²) in [7, 11) is 0. The fourth-order valence-corrected chi connectivity index (χ4v) is 5.11. The molecule has 0 radical (unpaired) electrons. The number of nitrogens with zero attached hydrogens (tertiary/aromatic N) is 3. The third-order valence-electron chi connectivity index (χ3n) is 6.43. The van der Waals surface area contributed by atoms with Crippen LogP contribution in [0.25, 0.3) is 21.1 Å². The van der Waals surface area contributed by atoms with Crippen molar-refractivity contribution in [1.82, 2.24) is 15.0 Å². The summed E-state index contributed by atoms with van der Waals surface area (Å²) in [5, 5.41) is 4.29. The van der Waals surface area contributed by atoms with Crippen molar-refractivity contribution < 1.29 is 14.3 Å². The number of nitrogens with one attached hydrogen (secondary N) is 1. The van der Waals surface area contributed by atoms with E-state index < -0.39 is 0 Å². The molecule has 0 saturated carbocycles. The minimum absolute atomic E-state index is 0.00237. The number of aryl methyl sites for hydroxylation is 1. The number of thiazole rings is 1. The Balaban J connectivity index is 1.22. The van der Waals surface area contributed by atoms with Gasteiger partial charge in [0.1, 0.15) is 29.4 Å². The standard InChI is InChI=1S/C28H24N4O3S/c1-17-10-20(3-6-26(17)35-21-4-7-27-24(13-21)31-16-36-27)32-28-22-11-18(2-5-23(22)29-15-30-28)12-25(33)19-8-9-34-14-19/h2-7,10-11,13,15-16,19H,8-9,12,14H2,1H3,(H,29,30,32). The molecule has 1 aliphatic rings. The Bertz CT molecular complexity index is 1580. The molecular formula is C28H24N4O3S. The molecule has 3 heterocycles. The van der Waals surface area contributed by atoms with Crippen molar-refractivity contribution in [2.24, 2.45) is 5.92 Å². The minimum atomic E-state index is -0.00237. The number of anilines is 2. The Morgan fingerprint density at radius 3 is 2.89 bits per heavy atom. The van der Waals surface area contributed by atoms with E-state index in [-0.39, 0.29) is 11.7 Å². The summed E-state index contributed by atoms with van der Waals surface area (Å²) in [5.74, 6) is 2.45. The molecule has 1 saturated heterocycles. The smallest absolute Gasteiger partial charge is 0.142 e. The number of carbonyl (C=O) groups excluding carboxylic acids is 1. The first-order chi connectivity index (χ1) is 17.6. The third-order valence-corrected chi connectivity index (χ3v) is 7.24. The van der Waals surface area contributed by atoms with Crippen LogP contribution in [-0.2, 0) is 16.0 Å². The zero-order valence-corrected chi connectivity index (χ0v) is 20.5. The number of rotatable bonds is 7. The average Bonchev–Trinajstić information content (AvgIpc) is 3.58. The summed E-state index contributed by atoms with van der Waals surface area (Å²) >= 11 is 1.61. The van der Waals surface area contributed by atoms with Crippen LogP contribution in [0.15, 0.2) is 66.4 Å². The molecule has 5 aromatic rings. The van der Waals surface area contributed by atoms with Gasteiger partial charge in [-0.05, 0) is 66.9 Å². The molecule has 1 atom stereocenters. The Kier molecular flexibility index (Phi) is 6.04. The molecule has 180 valence electrons. The number of ketones is 1. The maximum atomic E-state index is 12.6. The van der Waals surface area contributed by atoms with Gasteiger partial charge < -0.3 is 14.8 Å². The van der Waals surface area contributed by atoms with Crippen molar-refractivity contribution >= 4 is 49.7 Å². The SMILES string of the molecule is Cc1cc(Nc2ncnc3ccc(CC(=O)C4CCOC4)cc23)ccc1Oc1ccc2scnc2c1. The summed E-state index contributed by atoms with van der Waals surface area (Å²) in [4.78, 5) is 25.9. The van der Waals surface area contributed by atoms with Crippen LogP contribution in [-0.4, -0.2) is 33.9 Å². The van der Waals surface area contributed by atoms with E-state index in [1.807, 2.05) is 67.0 Å². The Morgan fingerprint density at radius 1 is 1.08 bits per heavy atom. The monoisotopic (exact) mass is 496 g/mol. The van der Waals surface area contributed by atoms with Crippen molar-refractivity contribution in [3.8, 4) is 11.5 Å². The number of ether oxygens (including phenoxy) is 2. The highest BCUT2D eigenvalue weighted by Crippen LogP contribution is 2.32. The molecule has 7 nitrogen and oxygen atoms in total. The molecule has 1 fully saturated rings. The molecule has 0 aliphatic carbocycles. The van der Waals surface area contributed by atoms with E-state index >= 15 is 0 Å². The predicted molar refractivity (Wildman–Crippen MR) is 141 cm³/mol. The third kappa shape index (κ3) is 4.65. The Morgan fingerprint density at radius 2 is 2.03 bits per heavy atom. The molecule has 0 spiro atoms. The number of aromatic nitrogens is 3. The molecule has 1 N–H and O–H groups in total. The van der Waals surface area contributed by atoms with Gasteiger partial charge >= 0.3 is 0 Å². The Hall–Kier alpha value is -3.88. The summed E-state index contributed by atoms with van der Waals surface area (Å²) in [6, 6.07) is 17.8. The minimum Gasteiger partial charge on any atom is -0.457 e. The van der Waals surface area contributed by atoms with E-state index in [0.29, 0.717) is 25.5 Å². The number of carbonyl (C=O) groups is 1. The number of hydrogen-bond acceptors (Lipinski definition) is 8. The molecule has 8 heteroatoms. The molecule has 0 amide bonds. The highest BCUT2D eigenvalue weighted by Gasteiger charge is 2.23. The molecule has 36 heavy (non-hydrogen) atoms. The quantitative estimate of drug-likeness (QED) is 0.286. The van der Waals surface area contributed by atoms with Crippen molar-refractivity contribution in [3.05, 3.63) is 77.6 Å². The van der Waals surface area contributed by atoms with Crippen molar-refractivity contribution in [2.75, 3.05) is 18.5 Å². The van der Waals surface area contributed by atoms with Gasteiger partial charge in [-0.1, -0.05) is 6.07 Å². The van der Waals surface area contributed by atoms with Gasteiger partial charge in [0.2, 0.25) is 0 Å². The molecular weight excluding hydrogens is 472 g/mol. The lowest BCUT2D eigenvalue weighted by Crippen LogP contribution is -2.16. The Labute approximate surface area is 212 Å². The largest absolute Gasteiger partial charge is 0.457 e. The van der Waals surface area contributed by atoms with E-state index in [0.717, 1.165) is 55.9 Å². The summed E-state index contributed by atoms with van der Waals surface area (Å²) in [6.45, 7) is 3.21. The highest BCUT2D eigenvalue weighted by atomic mass is 32.1. The molecule has 2 aromatic heterocycles. The van der Waals surface area contributed by atoms with Crippen LogP contribution in [0.4, 0.5) is 11.5 Å². The van der Waals surface area contributed by atoms with Crippen LogP contribution < -0.4 is 10.1 Å². The molecule has 1 unspecified atom stereocenters. The second-order valence-corrected chi connectivity index (χ2v) is 9.85. The first-order valence-electron chi connectivity index (χ1n) is 11.9. The van der Waals surface area contributed by atoms with Gasteiger partial charge in [-0.2, -0.15) is 0 Å². The van der Waals surface area contributed by atoms with Crippen molar-refractivity contribution in [3.63, 3.8) is 0 Å². The lowest BCUT2D eigenvalue weighted by atomic mass is 9.96. The number of Topliss-reactive ketones (excluding diaryl/α,β-unsaturated/α-hetero) is 1. The van der Waals surface area contributed by atoms with Crippen molar-refractivity contribution in [1.29, 1.82) is 0 Å². The number of fused-ring (bicyclic) bond motifs is 2. The van der Waals surface area contributed by atoms with E-state index in [4.69, 9.17) is 9.47 Å². The summed E-state index contributed by atoms with van der Waals surface area (Å²) in [6.07, 6.45) is 2.74. The van der Waals surface area contributed by atoms with Crippen molar-refractivity contribution in [2.45, 2.75) is 19.8 Å². The second kappa shape index (κ2) is 9.64. The fourth-order valence-electron chi connectivity index (χ4n) is 4.45. The van der Waals surface area contributed by atoms with Crippen LogP contribution in [0.5, 0.6) is 11.5 Å². The predicted octanol–water partition coefficient (Wildman–Crippen LogP) is 6.23. The summed E-state index contributed by atoms with van der Waals surface area (Å²) in [5.41, 5.74) is 6.42. The van der Waals surface area contributed by atoms with Crippen LogP contribution in [0.2, 0.25) is 0 Å². The van der Waals surface area contributed by atoms with Gasteiger partial charge in [0.25, 0.3) is 0 Å². The van der Waals surface area contributed by atoms with Gasteiger partial charge in [-0.25, -0.2) is 15.0 Å². The van der Waals surface area contributed by atoms with Crippen LogP contribution in [0.1, 0.15) is 17.5 Å². The van der Waals surface area contributed by atoms with Gasteiger partial charge in [0.05, 0.1) is 27.9 Å². The zero-order valence-electron chi connectivity index (χ0n) is 19.7. The van der Waals surface area contributed by atoms with Crippen LogP contribution in [0, 0.1) is 12.8 Å². The van der Waals surface area contributed by atoms with Gasteiger partial charge in [0, 0.05) is 36.1 Å². The lowest BCUT2D eigenvalue weighted by Gasteiger charge is -2.13. The van der Waals surface area contributed by atoms with E-state index in [1.165, 1.54) is 0 Å². The zero-order chi connectivity index (χ0) is 24.5. The summed E-state index contributed by atoms with van der Waals surface area (Å²) < 4.78 is 12.6. The first-order valence-corrected chi connectivity index (χ1v) is 12.7. The second-order valence-electron chi connectivity index (χ2n) is 8.97. The fraction of sp³-hybridized carbons (Fsp3) is 0.214. The van der Waals surface area contributed by atoms with Gasteiger partial charge in [-0.15, -0.1) is 11.3 Å². The van der Waals surface area contributed by atoms with Gasteiger partial charge in [-0.3, -0.25) is 4.79 Å². The molecule has 6 rings (SSSR count). The van der Waals surface area contributed by atoms with Crippen LogP contribution in [0.3, 0.4) is 0 Å². The van der Waals surface area contributed by atoms with E-state index in [9.17, 15) is 4.79 Å². The number of benzene rings is 3. The highest BCUT2D eigenvalue weighted by molar-refractivity contribution is 7.16. The van der Waals surface area contributed by atoms with E-state index in [2.05, 4.69) is 20.3 Å². The van der Waals surface area contributed by atoms with E-state index in [1.54, 1.807) is 17.7 Å².